The number of halogens is 1. The molecule has 1 aliphatic heterocycles. The van der Waals surface area contributed by atoms with Crippen LogP contribution >= 0.6 is 11.6 Å². The summed E-state index contributed by atoms with van der Waals surface area (Å²) in [5.74, 6) is 0.439. The molecule has 3 heterocycles. The number of ether oxygens (including phenoxy) is 1. The predicted octanol–water partition coefficient (Wildman–Crippen LogP) is 3.19. The molecule has 3 aromatic rings. The van der Waals surface area contributed by atoms with E-state index in [0.29, 0.717) is 58.6 Å². The molecule has 0 atom stereocenters. The van der Waals surface area contributed by atoms with E-state index < -0.39 is 18.1 Å². The van der Waals surface area contributed by atoms with Crippen molar-refractivity contribution in [2.24, 2.45) is 10.9 Å². The molecule has 1 N–H and O–H groups in total. The van der Waals surface area contributed by atoms with Crippen LogP contribution in [0.2, 0.25) is 5.02 Å². The molecule has 5 rings (SSSR count). The number of aromatic nitrogens is 3. The second kappa shape index (κ2) is 7.77. The van der Waals surface area contributed by atoms with E-state index in [4.69, 9.17) is 21.4 Å². The molecule has 0 unspecified atom stereocenters. The molecule has 0 radical (unpaired) electrons. The number of fused-ring (bicyclic) bond motifs is 2. The Morgan fingerprint density at radius 2 is 2.03 bits per heavy atom. The van der Waals surface area contributed by atoms with Crippen molar-refractivity contribution >= 4 is 39.9 Å². The molecule has 0 bridgehead atoms. The maximum Gasteiger partial charge on any atom is 0.325 e. The largest absolute Gasteiger partial charge is 0.480 e. The maximum absolute atomic E-state index is 12.6. The number of carbonyl (C=O) groups is 1. The number of benzene rings is 1. The molecular weight excluding hydrogens is 420 g/mol. The van der Waals surface area contributed by atoms with Crippen LogP contribution in [0.25, 0.3) is 10.8 Å². The average molecular weight is 439 g/mol. The van der Waals surface area contributed by atoms with Gasteiger partial charge in [0, 0.05) is 29.5 Å². The van der Waals surface area contributed by atoms with Gasteiger partial charge in [-0.3, -0.25) is 9.59 Å². The first-order chi connectivity index (χ1) is 15.0. The smallest absolute Gasteiger partial charge is 0.325 e. The van der Waals surface area contributed by atoms with Gasteiger partial charge in [-0.05, 0) is 30.9 Å². The van der Waals surface area contributed by atoms with E-state index >= 15 is 0 Å². The van der Waals surface area contributed by atoms with Gasteiger partial charge in [-0.2, -0.15) is 10.1 Å². The summed E-state index contributed by atoms with van der Waals surface area (Å²) in [4.78, 5) is 32.9. The van der Waals surface area contributed by atoms with Crippen LogP contribution in [0, 0.1) is 5.92 Å². The van der Waals surface area contributed by atoms with Crippen molar-refractivity contribution in [3.05, 3.63) is 57.0 Å². The number of carboxylic acid groups (broad SMARTS) is 1. The summed E-state index contributed by atoms with van der Waals surface area (Å²) in [5, 5.41) is 15.1. The highest BCUT2D eigenvalue weighted by Crippen LogP contribution is 2.35. The number of hydrogen-bond acceptors (Lipinski definition) is 6. The van der Waals surface area contributed by atoms with Crippen LogP contribution in [-0.2, 0) is 24.2 Å². The Labute approximate surface area is 182 Å². The van der Waals surface area contributed by atoms with Gasteiger partial charge in [0.15, 0.2) is 5.82 Å². The molecule has 1 aliphatic carbocycles. The van der Waals surface area contributed by atoms with Gasteiger partial charge in [-0.25, -0.2) is 9.67 Å². The van der Waals surface area contributed by atoms with Crippen LogP contribution in [0.15, 0.2) is 40.1 Å². The SMILES string of the molecule is O=C(O)Cn1nc(CC2=Nc3nc(OCC4CC4)c(Cl)cc3C2)c2ccccc2c1=O. The molecule has 1 saturated carbocycles. The van der Waals surface area contributed by atoms with E-state index in [9.17, 15) is 9.59 Å². The van der Waals surface area contributed by atoms with Crippen molar-refractivity contribution in [2.75, 3.05) is 6.61 Å². The molecule has 9 heteroatoms. The Balaban J connectivity index is 1.46. The fraction of sp³-hybridized carbons (Fsp3) is 0.318. The van der Waals surface area contributed by atoms with Crippen LogP contribution in [0.3, 0.4) is 0 Å². The van der Waals surface area contributed by atoms with Gasteiger partial charge < -0.3 is 9.84 Å². The Hall–Kier alpha value is -3.26. The third-order valence-electron chi connectivity index (χ3n) is 5.41. The second-order valence-electron chi connectivity index (χ2n) is 7.89. The van der Waals surface area contributed by atoms with Crippen molar-refractivity contribution < 1.29 is 14.6 Å². The second-order valence-corrected chi connectivity index (χ2v) is 8.30. The summed E-state index contributed by atoms with van der Waals surface area (Å²) in [6.07, 6.45) is 3.28. The fourth-order valence-corrected chi connectivity index (χ4v) is 3.91. The lowest BCUT2D eigenvalue weighted by molar-refractivity contribution is -0.138. The molecule has 2 aromatic heterocycles. The number of carboxylic acids is 1. The first-order valence-electron chi connectivity index (χ1n) is 10.1. The van der Waals surface area contributed by atoms with Crippen molar-refractivity contribution in [1.82, 2.24) is 14.8 Å². The molecule has 0 spiro atoms. The minimum absolute atomic E-state index is 0.368. The Morgan fingerprint density at radius 1 is 1.26 bits per heavy atom. The van der Waals surface area contributed by atoms with Crippen LogP contribution in [-0.4, -0.2) is 38.2 Å². The first-order valence-corrected chi connectivity index (χ1v) is 10.4. The van der Waals surface area contributed by atoms with Crippen molar-refractivity contribution in [1.29, 1.82) is 0 Å². The minimum Gasteiger partial charge on any atom is -0.480 e. The molecule has 1 aromatic carbocycles. The number of aliphatic imine (C=N–C) groups is 1. The van der Waals surface area contributed by atoms with Crippen LogP contribution in [0.1, 0.15) is 24.1 Å². The number of rotatable bonds is 7. The summed E-state index contributed by atoms with van der Waals surface area (Å²) >= 11 is 6.34. The fourth-order valence-electron chi connectivity index (χ4n) is 3.69. The molecule has 0 amide bonds. The normalized spacial score (nSPS) is 15.1. The van der Waals surface area contributed by atoms with Gasteiger partial charge in [0.05, 0.1) is 17.7 Å². The zero-order valence-corrected chi connectivity index (χ0v) is 17.3. The Bertz CT molecular complexity index is 1300. The Kier molecular flexibility index (Phi) is 4.94. The van der Waals surface area contributed by atoms with Gasteiger partial charge in [0.1, 0.15) is 11.6 Å². The van der Waals surface area contributed by atoms with Crippen LogP contribution in [0.5, 0.6) is 5.88 Å². The van der Waals surface area contributed by atoms with Gasteiger partial charge in [-0.15, -0.1) is 0 Å². The zero-order chi connectivity index (χ0) is 21.5. The molecule has 0 saturated heterocycles. The summed E-state index contributed by atoms with van der Waals surface area (Å²) in [5.41, 5.74) is 1.89. The lowest BCUT2D eigenvalue weighted by Gasteiger charge is -2.09. The first kappa shape index (κ1) is 19.7. The van der Waals surface area contributed by atoms with E-state index in [2.05, 4.69) is 15.1 Å². The number of aliphatic carboxylic acids is 1. The third kappa shape index (κ3) is 4.03. The zero-order valence-electron chi connectivity index (χ0n) is 16.5. The van der Waals surface area contributed by atoms with E-state index in [1.54, 1.807) is 12.1 Å². The molecule has 1 fully saturated rings. The summed E-state index contributed by atoms with van der Waals surface area (Å²) < 4.78 is 6.73. The lowest BCUT2D eigenvalue weighted by Crippen LogP contribution is -2.28. The third-order valence-corrected chi connectivity index (χ3v) is 5.68. The van der Waals surface area contributed by atoms with E-state index in [1.165, 1.54) is 12.8 Å². The number of nitrogens with zero attached hydrogens (tertiary/aromatic N) is 4. The van der Waals surface area contributed by atoms with E-state index in [1.807, 2.05) is 18.2 Å². The van der Waals surface area contributed by atoms with Crippen molar-refractivity contribution in [2.45, 2.75) is 32.2 Å². The summed E-state index contributed by atoms with van der Waals surface area (Å²) in [7, 11) is 0. The standard InChI is InChI=1S/C22H19ClN4O4/c23-17-8-13-7-14(24-20(13)25-21(17)31-11-12-5-6-12)9-18-15-3-1-2-4-16(15)22(30)27(26-18)10-19(28)29/h1-4,8,12H,5-7,9-11H2,(H,28,29). The van der Waals surface area contributed by atoms with Crippen molar-refractivity contribution in [3.8, 4) is 5.88 Å². The van der Waals surface area contributed by atoms with Gasteiger partial charge >= 0.3 is 5.97 Å². The van der Waals surface area contributed by atoms with Gasteiger partial charge in [-0.1, -0.05) is 29.8 Å². The number of pyridine rings is 1. The van der Waals surface area contributed by atoms with Gasteiger partial charge in [0.25, 0.3) is 5.56 Å². The van der Waals surface area contributed by atoms with Crippen LogP contribution < -0.4 is 10.3 Å². The summed E-state index contributed by atoms with van der Waals surface area (Å²) in [6, 6.07) is 8.89. The van der Waals surface area contributed by atoms with E-state index in [0.717, 1.165) is 16.0 Å². The van der Waals surface area contributed by atoms with Gasteiger partial charge in [0.2, 0.25) is 5.88 Å². The quantitative estimate of drug-likeness (QED) is 0.607. The maximum atomic E-state index is 12.6. The number of hydrogen-bond donors (Lipinski definition) is 1. The summed E-state index contributed by atoms with van der Waals surface area (Å²) in [6.45, 7) is 0.116. The predicted molar refractivity (Wildman–Crippen MR) is 116 cm³/mol. The average Bonchev–Trinajstić information content (AvgIpc) is 3.49. The topological polar surface area (TPSA) is 107 Å². The minimum atomic E-state index is -1.13. The van der Waals surface area contributed by atoms with E-state index in [-0.39, 0.29) is 0 Å². The van der Waals surface area contributed by atoms with Crippen molar-refractivity contribution in [3.63, 3.8) is 0 Å². The molecule has 2 aliphatic rings. The highest BCUT2D eigenvalue weighted by atomic mass is 35.5. The lowest BCUT2D eigenvalue weighted by atomic mass is 10.0. The molecule has 8 nitrogen and oxygen atoms in total. The monoisotopic (exact) mass is 438 g/mol. The molecule has 158 valence electrons. The molecular formula is C22H19ClN4O4. The highest BCUT2D eigenvalue weighted by Gasteiger charge is 2.25. The van der Waals surface area contributed by atoms with Crippen LogP contribution in [0.4, 0.5) is 5.82 Å². The molecule has 31 heavy (non-hydrogen) atoms. The Morgan fingerprint density at radius 3 is 2.77 bits per heavy atom. The highest BCUT2D eigenvalue weighted by molar-refractivity contribution is 6.32.